The summed E-state index contributed by atoms with van der Waals surface area (Å²) in [4.78, 5) is 4.33. The molecule has 0 spiro atoms. The van der Waals surface area contributed by atoms with Crippen molar-refractivity contribution >= 4 is 26.5 Å². The first kappa shape index (κ1) is 14.5. The predicted octanol–water partition coefficient (Wildman–Crippen LogP) is 2.49. The van der Waals surface area contributed by atoms with Gasteiger partial charge in [0.2, 0.25) is 0 Å². The summed E-state index contributed by atoms with van der Waals surface area (Å²) in [6, 6.07) is 5.27. The van der Waals surface area contributed by atoms with Gasteiger partial charge in [-0.25, -0.2) is 13.4 Å². The van der Waals surface area contributed by atoms with Crippen molar-refractivity contribution < 1.29 is 13.5 Å². The zero-order valence-electron chi connectivity index (χ0n) is 11.5. The highest BCUT2D eigenvalue weighted by Gasteiger charge is 2.20. The number of rotatable bonds is 4. The highest BCUT2D eigenvalue weighted by atomic mass is 32.2. The van der Waals surface area contributed by atoms with Crippen molar-refractivity contribution in [3.05, 3.63) is 40.4 Å². The molecule has 1 aliphatic carbocycles. The molecule has 0 amide bonds. The molecule has 112 valence electrons. The first-order chi connectivity index (χ1) is 9.95. The number of aryl methyl sites for hydroxylation is 2. The number of nitrogens with one attached hydrogen (secondary N) is 1. The van der Waals surface area contributed by atoms with Crippen molar-refractivity contribution in [2.45, 2.75) is 37.2 Å². The Morgan fingerprint density at radius 1 is 1.33 bits per heavy atom. The molecule has 0 saturated heterocycles. The van der Waals surface area contributed by atoms with Crippen LogP contribution in [-0.4, -0.2) is 18.5 Å². The minimum Gasteiger partial charge on any atom is -0.387 e. The van der Waals surface area contributed by atoms with E-state index in [2.05, 4.69) is 9.71 Å². The zero-order valence-corrected chi connectivity index (χ0v) is 13.2. The first-order valence-electron chi connectivity index (χ1n) is 6.74. The molecule has 1 unspecified atom stereocenters. The van der Waals surface area contributed by atoms with Gasteiger partial charge in [-0.3, -0.25) is 4.72 Å². The number of anilines is 1. The maximum Gasteiger partial charge on any atom is 0.263 e. The fraction of sp³-hybridized carbons (Fsp3) is 0.357. The van der Waals surface area contributed by atoms with E-state index in [1.165, 1.54) is 5.56 Å². The highest BCUT2D eigenvalue weighted by Crippen LogP contribution is 2.27. The second kappa shape index (κ2) is 5.40. The van der Waals surface area contributed by atoms with Crippen molar-refractivity contribution in [3.63, 3.8) is 0 Å². The van der Waals surface area contributed by atoms with Crippen LogP contribution >= 0.6 is 11.3 Å². The van der Waals surface area contributed by atoms with Gasteiger partial charge in [-0.1, -0.05) is 6.07 Å². The monoisotopic (exact) mass is 324 g/mol. The summed E-state index contributed by atoms with van der Waals surface area (Å²) in [6.45, 7) is 1.59. The highest BCUT2D eigenvalue weighted by molar-refractivity contribution is 7.93. The molecule has 7 heteroatoms. The van der Waals surface area contributed by atoms with E-state index >= 15 is 0 Å². The molecule has 2 aromatic rings. The number of thiazole rings is 1. The van der Waals surface area contributed by atoms with Gasteiger partial charge < -0.3 is 5.11 Å². The van der Waals surface area contributed by atoms with Gasteiger partial charge in [-0.05, 0) is 49.4 Å². The number of nitrogens with zero attached hydrogens (tertiary/aromatic N) is 1. The average Bonchev–Trinajstić information content (AvgIpc) is 3.05. The van der Waals surface area contributed by atoms with E-state index in [-0.39, 0.29) is 10.0 Å². The van der Waals surface area contributed by atoms with Crippen molar-refractivity contribution in [2.24, 2.45) is 0 Å². The summed E-state index contributed by atoms with van der Waals surface area (Å²) < 4.78 is 27.2. The van der Waals surface area contributed by atoms with Gasteiger partial charge in [0.1, 0.15) is 0 Å². The Bertz CT molecular complexity index is 766. The van der Waals surface area contributed by atoms with Gasteiger partial charge in [0.25, 0.3) is 10.0 Å². The third-order valence-electron chi connectivity index (χ3n) is 3.55. The van der Waals surface area contributed by atoms with Crippen LogP contribution in [0.3, 0.4) is 0 Å². The fourth-order valence-corrected chi connectivity index (χ4v) is 4.51. The van der Waals surface area contributed by atoms with Crippen molar-refractivity contribution in [2.75, 3.05) is 4.72 Å². The summed E-state index contributed by atoms with van der Waals surface area (Å²) in [5.41, 5.74) is 2.81. The van der Waals surface area contributed by atoms with Crippen molar-refractivity contribution in [3.8, 4) is 0 Å². The molecular weight excluding hydrogens is 308 g/mol. The first-order valence-corrected chi connectivity index (χ1v) is 9.10. The fourth-order valence-electron chi connectivity index (χ4n) is 2.41. The van der Waals surface area contributed by atoms with Crippen molar-refractivity contribution in [1.29, 1.82) is 0 Å². The maximum absolute atomic E-state index is 12.4. The Kier molecular flexibility index (Phi) is 3.73. The molecule has 0 aliphatic heterocycles. The molecule has 1 heterocycles. The summed E-state index contributed by atoms with van der Waals surface area (Å²) >= 11 is 1.16. The molecule has 5 nitrogen and oxygen atoms in total. The van der Waals surface area contributed by atoms with Crippen LogP contribution in [0.5, 0.6) is 0 Å². The van der Waals surface area contributed by atoms with E-state index in [0.717, 1.165) is 36.2 Å². The normalized spacial score (nSPS) is 15.7. The molecule has 0 radical (unpaired) electrons. The van der Waals surface area contributed by atoms with E-state index in [4.69, 9.17) is 0 Å². The molecule has 0 saturated carbocycles. The van der Waals surface area contributed by atoms with Crippen LogP contribution in [0.15, 0.2) is 28.5 Å². The number of aliphatic hydroxyl groups excluding tert-OH is 1. The molecular formula is C14H16N2O3S2. The number of hydrogen-bond donors (Lipinski definition) is 2. The Labute approximate surface area is 127 Å². The minimum absolute atomic E-state index is 0.261. The van der Waals surface area contributed by atoms with Crippen LogP contribution in [-0.2, 0) is 22.9 Å². The van der Waals surface area contributed by atoms with Gasteiger partial charge in [-0.15, -0.1) is 11.3 Å². The number of fused-ring (bicyclic) bond motifs is 1. The maximum atomic E-state index is 12.4. The second-order valence-electron chi connectivity index (χ2n) is 5.14. The van der Waals surface area contributed by atoms with Crippen LogP contribution in [0.4, 0.5) is 5.13 Å². The Hall–Kier alpha value is -1.44. The molecule has 0 fully saturated rings. The zero-order chi connectivity index (χ0) is 15.0. The van der Waals surface area contributed by atoms with Gasteiger partial charge in [-0.2, -0.15) is 0 Å². The van der Waals surface area contributed by atoms with Crippen LogP contribution < -0.4 is 4.72 Å². The second-order valence-corrected chi connectivity index (χ2v) is 7.68. The van der Waals surface area contributed by atoms with Crippen LogP contribution in [0, 0.1) is 0 Å². The van der Waals surface area contributed by atoms with E-state index in [9.17, 15) is 13.5 Å². The van der Waals surface area contributed by atoms with E-state index < -0.39 is 16.1 Å². The number of aliphatic hydroxyl groups is 1. The summed E-state index contributed by atoms with van der Waals surface area (Å²) in [7, 11) is -3.63. The van der Waals surface area contributed by atoms with Gasteiger partial charge >= 0.3 is 0 Å². The van der Waals surface area contributed by atoms with Gasteiger partial charge in [0.05, 0.1) is 16.7 Å². The largest absolute Gasteiger partial charge is 0.387 e. The van der Waals surface area contributed by atoms with Gasteiger partial charge in [0.15, 0.2) is 5.13 Å². The molecule has 1 aliphatic rings. The third-order valence-corrected chi connectivity index (χ3v) is 5.79. The smallest absolute Gasteiger partial charge is 0.263 e. The lowest BCUT2D eigenvalue weighted by Gasteiger charge is -2.07. The number of hydrogen-bond acceptors (Lipinski definition) is 5. The summed E-state index contributed by atoms with van der Waals surface area (Å²) in [5, 5.41) is 11.3. The Morgan fingerprint density at radius 3 is 2.81 bits per heavy atom. The van der Waals surface area contributed by atoms with E-state index in [1.54, 1.807) is 24.4 Å². The lowest BCUT2D eigenvalue weighted by Crippen LogP contribution is -2.13. The topological polar surface area (TPSA) is 79.3 Å². The molecule has 1 aromatic heterocycles. The predicted molar refractivity (Wildman–Crippen MR) is 82.0 cm³/mol. The molecule has 1 aromatic carbocycles. The SMILES string of the molecule is CC(O)c1csc(NS(=O)(=O)c2ccc3c(c2)CCC3)n1. The minimum atomic E-state index is -3.63. The van der Waals surface area contributed by atoms with E-state index in [1.807, 2.05) is 6.07 Å². The molecule has 0 bridgehead atoms. The van der Waals surface area contributed by atoms with Crippen molar-refractivity contribution in [1.82, 2.24) is 4.98 Å². The Balaban J connectivity index is 1.86. The lowest BCUT2D eigenvalue weighted by molar-refractivity contribution is 0.195. The molecule has 2 N–H and O–H groups in total. The summed E-state index contributed by atoms with van der Waals surface area (Å²) in [6.07, 6.45) is 2.32. The molecule has 3 rings (SSSR count). The van der Waals surface area contributed by atoms with E-state index in [0.29, 0.717) is 5.69 Å². The number of sulfonamides is 1. The summed E-state index contributed by atoms with van der Waals surface area (Å²) in [5.74, 6) is 0. The lowest BCUT2D eigenvalue weighted by atomic mass is 10.1. The average molecular weight is 324 g/mol. The quantitative estimate of drug-likeness (QED) is 0.905. The Morgan fingerprint density at radius 2 is 2.10 bits per heavy atom. The number of aromatic nitrogens is 1. The number of benzene rings is 1. The van der Waals surface area contributed by atoms with Crippen LogP contribution in [0.25, 0.3) is 0 Å². The molecule has 21 heavy (non-hydrogen) atoms. The van der Waals surface area contributed by atoms with Crippen LogP contribution in [0.1, 0.15) is 36.3 Å². The third kappa shape index (κ3) is 2.95. The standard InChI is InChI=1S/C14H16N2O3S2/c1-9(17)13-8-20-14(15-13)16-21(18,19)12-6-5-10-3-2-4-11(10)7-12/h5-9,17H,2-4H2,1H3,(H,15,16). The van der Waals surface area contributed by atoms with Gasteiger partial charge in [0, 0.05) is 5.38 Å². The molecule has 1 atom stereocenters. The van der Waals surface area contributed by atoms with Crippen LogP contribution in [0.2, 0.25) is 0 Å².